The summed E-state index contributed by atoms with van der Waals surface area (Å²) >= 11 is 0. The van der Waals surface area contributed by atoms with Crippen LogP contribution in [0, 0.1) is 5.92 Å². The second-order valence-corrected chi connectivity index (χ2v) is 8.36. The van der Waals surface area contributed by atoms with Crippen molar-refractivity contribution >= 4 is 10.0 Å². The molecule has 5 nitrogen and oxygen atoms in total. The third kappa shape index (κ3) is 3.09. The van der Waals surface area contributed by atoms with E-state index in [-0.39, 0.29) is 17.1 Å². The molecule has 1 aliphatic carbocycles. The Balaban J connectivity index is 1.64. The quantitative estimate of drug-likeness (QED) is 0.855. The molecular weight excluding hydrogens is 324 g/mol. The average molecular weight is 344 g/mol. The molecule has 0 unspecified atom stereocenters. The number of ether oxygens (including phenoxy) is 1. The van der Waals surface area contributed by atoms with Crippen LogP contribution < -0.4 is 0 Å². The molecule has 0 radical (unpaired) electrons. The van der Waals surface area contributed by atoms with Crippen LogP contribution in [0.1, 0.15) is 24.5 Å². The second-order valence-electron chi connectivity index (χ2n) is 6.42. The molecule has 2 heterocycles. The maximum Gasteiger partial charge on any atom is 0.244 e. The van der Waals surface area contributed by atoms with Crippen LogP contribution in [0.15, 0.2) is 59.8 Å². The highest BCUT2D eigenvalue weighted by Gasteiger charge is 2.42. The first-order chi connectivity index (χ1) is 11.6. The molecule has 6 heteroatoms. The number of morpholine rings is 1. The van der Waals surface area contributed by atoms with Crippen LogP contribution in [-0.2, 0) is 14.8 Å². The molecule has 0 amide bonds. The fourth-order valence-corrected chi connectivity index (χ4v) is 4.60. The summed E-state index contributed by atoms with van der Waals surface area (Å²) in [6, 6.07) is 13.1. The van der Waals surface area contributed by atoms with Crippen molar-refractivity contribution in [3.05, 3.63) is 60.4 Å². The van der Waals surface area contributed by atoms with Crippen molar-refractivity contribution in [2.75, 3.05) is 13.1 Å². The molecule has 2 atom stereocenters. The minimum atomic E-state index is -3.55. The van der Waals surface area contributed by atoms with Gasteiger partial charge in [0, 0.05) is 25.5 Å². The van der Waals surface area contributed by atoms with E-state index < -0.39 is 10.0 Å². The maximum atomic E-state index is 13.0. The zero-order chi connectivity index (χ0) is 16.6. The number of hydrogen-bond donors (Lipinski definition) is 0. The summed E-state index contributed by atoms with van der Waals surface area (Å²) in [5.74, 6) is 0.475. The fourth-order valence-electron chi connectivity index (χ4n) is 3.18. The predicted molar refractivity (Wildman–Crippen MR) is 89.8 cm³/mol. The second kappa shape index (κ2) is 6.27. The van der Waals surface area contributed by atoms with Crippen LogP contribution in [0.2, 0.25) is 0 Å². The Kier molecular flexibility index (Phi) is 4.12. The van der Waals surface area contributed by atoms with Gasteiger partial charge in [-0.05, 0) is 36.5 Å². The fraction of sp³-hybridized carbons (Fsp3) is 0.389. The van der Waals surface area contributed by atoms with E-state index in [0.29, 0.717) is 19.0 Å². The van der Waals surface area contributed by atoms with Crippen LogP contribution in [-0.4, -0.2) is 36.9 Å². The summed E-state index contributed by atoms with van der Waals surface area (Å²) in [5.41, 5.74) is 1.02. The van der Waals surface area contributed by atoms with Crippen molar-refractivity contribution < 1.29 is 13.2 Å². The van der Waals surface area contributed by atoms with Gasteiger partial charge in [0.1, 0.15) is 4.90 Å². The number of rotatable bonds is 4. The molecule has 1 aliphatic heterocycles. The Hall–Kier alpha value is -1.76. The van der Waals surface area contributed by atoms with Gasteiger partial charge in [-0.3, -0.25) is 4.98 Å². The Morgan fingerprint density at radius 1 is 1.04 bits per heavy atom. The highest BCUT2D eigenvalue weighted by atomic mass is 32.2. The van der Waals surface area contributed by atoms with Gasteiger partial charge in [0.05, 0.1) is 12.2 Å². The molecule has 24 heavy (non-hydrogen) atoms. The van der Waals surface area contributed by atoms with Crippen molar-refractivity contribution in [2.24, 2.45) is 5.92 Å². The molecule has 1 saturated heterocycles. The summed E-state index contributed by atoms with van der Waals surface area (Å²) in [5, 5.41) is 0. The molecular formula is C18H20N2O3S. The lowest BCUT2D eigenvalue weighted by molar-refractivity contribution is -0.0747. The molecule has 1 aromatic carbocycles. The lowest BCUT2D eigenvalue weighted by Gasteiger charge is -2.37. The Bertz CT molecular complexity index is 792. The van der Waals surface area contributed by atoms with E-state index in [0.717, 1.165) is 18.4 Å². The van der Waals surface area contributed by atoms with Crippen LogP contribution in [0.4, 0.5) is 0 Å². The first-order valence-electron chi connectivity index (χ1n) is 8.25. The van der Waals surface area contributed by atoms with Crippen LogP contribution >= 0.6 is 0 Å². The first kappa shape index (κ1) is 15.7. The molecule has 0 N–H and O–H groups in total. The van der Waals surface area contributed by atoms with E-state index in [1.807, 2.05) is 30.3 Å². The van der Waals surface area contributed by atoms with Gasteiger partial charge in [0.15, 0.2) is 0 Å². The van der Waals surface area contributed by atoms with E-state index in [2.05, 4.69) is 4.98 Å². The third-order valence-corrected chi connectivity index (χ3v) is 6.50. The van der Waals surface area contributed by atoms with Gasteiger partial charge in [-0.25, -0.2) is 8.42 Å². The predicted octanol–water partition coefficient (Wildman–Crippen LogP) is 2.62. The van der Waals surface area contributed by atoms with Crippen molar-refractivity contribution in [3.8, 4) is 0 Å². The Labute approximate surface area is 142 Å². The molecule has 1 aromatic heterocycles. The number of sulfonamides is 1. The van der Waals surface area contributed by atoms with Crippen molar-refractivity contribution in [3.63, 3.8) is 0 Å². The maximum absolute atomic E-state index is 13.0. The monoisotopic (exact) mass is 344 g/mol. The van der Waals surface area contributed by atoms with E-state index in [4.69, 9.17) is 4.74 Å². The number of pyridine rings is 1. The Morgan fingerprint density at radius 2 is 1.83 bits per heavy atom. The van der Waals surface area contributed by atoms with Gasteiger partial charge in [0.2, 0.25) is 10.0 Å². The highest BCUT2D eigenvalue weighted by Crippen LogP contribution is 2.40. The number of benzene rings is 1. The van der Waals surface area contributed by atoms with Gasteiger partial charge in [0.25, 0.3) is 0 Å². The minimum absolute atomic E-state index is 0.0320. The molecule has 4 rings (SSSR count). The van der Waals surface area contributed by atoms with E-state index in [9.17, 15) is 8.42 Å². The van der Waals surface area contributed by atoms with Crippen LogP contribution in [0.5, 0.6) is 0 Å². The standard InChI is InChI=1S/C18H20N2O3S/c21-24(22,16-7-4-10-19-11-16)20-12-17(14-5-2-1-3-6-14)23-18(13-20)15-8-9-15/h1-7,10-11,15,17-18H,8-9,12-13H2/t17-,18+/m0/s1. The van der Waals surface area contributed by atoms with E-state index in [1.54, 1.807) is 22.6 Å². The number of hydrogen-bond acceptors (Lipinski definition) is 4. The molecule has 2 aromatic rings. The molecule has 126 valence electrons. The lowest BCUT2D eigenvalue weighted by Crippen LogP contribution is -2.47. The number of nitrogens with zero attached hydrogens (tertiary/aromatic N) is 2. The zero-order valence-corrected chi connectivity index (χ0v) is 14.1. The highest BCUT2D eigenvalue weighted by molar-refractivity contribution is 7.89. The third-order valence-electron chi connectivity index (χ3n) is 4.68. The van der Waals surface area contributed by atoms with Crippen molar-refractivity contribution in [1.29, 1.82) is 0 Å². The summed E-state index contributed by atoms with van der Waals surface area (Å²) in [6.45, 7) is 0.760. The van der Waals surface area contributed by atoms with Crippen LogP contribution in [0.25, 0.3) is 0 Å². The van der Waals surface area contributed by atoms with Gasteiger partial charge in [-0.2, -0.15) is 4.31 Å². The molecule has 2 aliphatic rings. The summed E-state index contributed by atoms with van der Waals surface area (Å²) in [4.78, 5) is 4.20. The van der Waals surface area contributed by atoms with Crippen molar-refractivity contribution in [1.82, 2.24) is 9.29 Å². The zero-order valence-electron chi connectivity index (χ0n) is 13.3. The molecule has 2 fully saturated rings. The van der Waals surface area contributed by atoms with Crippen LogP contribution in [0.3, 0.4) is 0 Å². The van der Waals surface area contributed by atoms with E-state index in [1.165, 1.54) is 6.20 Å². The van der Waals surface area contributed by atoms with Gasteiger partial charge in [-0.15, -0.1) is 0 Å². The smallest absolute Gasteiger partial charge is 0.244 e. The lowest BCUT2D eigenvalue weighted by atomic mass is 10.1. The topological polar surface area (TPSA) is 59.5 Å². The average Bonchev–Trinajstić information content (AvgIpc) is 3.48. The molecule has 0 bridgehead atoms. The minimum Gasteiger partial charge on any atom is -0.367 e. The summed E-state index contributed by atoms with van der Waals surface area (Å²) < 4.78 is 33.8. The normalized spacial score (nSPS) is 25.5. The molecule has 0 spiro atoms. The SMILES string of the molecule is O=S(=O)(c1cccnc1)N1C[C@@H](c2ccccc2)O[C@@H](C2CC2)C1. The first-order valence-corrected chi connectivity index (χ1v) is 9.69. The van der Waals surface area contributed by atoms with Crippen molar-refractivity contribution in [2.45, 2.75) is 29.9 Å². The van der Waals surface area contributed by atoms with E-state index >= 15 is 0 Å². The van der Waals surface area contributed by atoms with Gasteiger partial charge >= 0.3 is 0 Å². The number of aromatic nitrogens is 1. The summed E-state index contributed by atoms with van der Waals surface area (Å²) in [6.07, 6.45) is 4.97. The van der Waals surface area contributed by atoms with Gasteiger partial charge < -0.3 is 4.74 Å². The summed E-state index contributed by atoms with van der Waals surface area (Å²) in [7, 11) is -3.55. The Morgan fingerprint density at radius 3 is 2.50 bits per heavy atom. The largest absolute Gasteiger partial charge is 0.367 e. The molecule has 1 saturated carbocycles. The van der Waals surface area contributed by atoms with Gasteiger partial charge in [-0.1, -0.05) is 30.3 Å².